The minimum Gasteiger partial charge on any atom is -0.441 e. The van der Waals surface area contributed by atoms with Gasteiger partial charge in [-0.05, 0) is 49.2 Å². The quantitative estimate of drug-likeness (QED) is 0.745. The molecular formula is C19H19N3O4S. The minimum absolute atomic E-state index is 0.139. The number of amides is 1. The number of nitrogens with one attached hydrogen (secondary N) is 1. The van der Waals surface area contributed by atoms with Crippen LogP contribution in [0, 0.1) is 6.92 Å². The van der Waals surface area contributed by atoms with Crippen LogP contribution in [0.2, 0.25) is 0 Å². The van der Waals surface area contributed by atoms with Crippen molar-refractivity contribution in [2.45, 2.75) is 24.7 Å². The SMILES string of the molecule is Cc1nc2cc(NC(=O)c3cccc(S(=O)(=O)N4CCCC4)c3)ccc2o1. The molecule has 1 N–H and O–H groups in total. The predicted octanol–water partition coefficient (Wildman–Crippen LogP) is 3.17. The van der Waals surface area contributed by atoms with Crippen molar-refractivity contribution in [3.05, 3.63) is 53.9 Å². The van der Waals surface area contributed by atoms with E-state index in [-0.39, 0.29) is 16.4 Å². The van der Waals surface area contributed by atoms with E-state index in [0.29, 0.717) is 35.8 Å². The van der Waals surface area contributed by atoms with Crippen LogP contribution < -0.4 is 5.32 Å². The zero-order valence-corrected chi connectivity index (χ0v) is 15.6. The summed E-state index contributed by atoms with van der Waals surface area (Å²) in [5.41, 5.74) is 2.14. The zero-order chi connectivity index (χ0) is 19.0. The largest absolute Gasteiger partial charge is 0.441 e. The lowest BCUT2D eigenvalue weighted by molar-refractivity contribution is 0.102. The number of hydrogen-bond acceptors (Lipinski definition) is 5. The highest BCUT2D eigenvalue weighted by molar-refractivity contribution is 7.89. The van der Waals surface area contributed by atoms with Crippen molar-refractivity contribution < 1.29 is 17.6 Å². The number of sulfonamides is 1. The van der Waals surface area contributed by atoms with E-state index in [9.17, 15) is 13.2 Å². The summed E-state index contributed by atoms with van der Waals surface area (Å²) in [4.78, 5) is 17.0. The molecule has 2 aromatic carbocycles. The van der Waals surface area contributed by atoms with Gasteiger partial charge in [-0.1, -0.05) is 6.07 Å². The molecule has 0 unspecified atom stereocenters. The van der Waals surface area contributed by atoms with Crippen LogP contribution in [-0.2, 0) is 10.0 Å². The summed E-state index contributed by atoms with van der Waals surface area (Å²) < 4.78 is 32.3. The molecule has 0 radical (unpaired) electrons. The molecule has 0 spiro atoms. The Morgan fingerprint density at radius 2 is 1.93 bits per heavy atom. The van der Waals surface area contributed by atoms with Crippen LogP contribution in [0.5, 0.6) is 0 Å². The Bertz CT molecular complexity index is 1110. The standard InChI is InChI=1S/C19H19N3O4S/c1-13-20-17-12-15(7-8-18(17)26-13)21-19(23)14-5-4-6-16(11-14)27(24,25)22-9-2-3-10-22/h4-8,11-12H,2-3,9-10H2,1H3,(H,21,23). The van der Waals surface area contributed by atoms with E-state index in [0.717, 1.165) is 12.8 Å². The average molecular weight is 385 g/mol. The fraction of sp³-hybridized carbons (Fsp3) is 0.263. The first-order valence-corrected chi connectivity index (χ1v) is 10.2. The molecule has 8 heteroatoms. The van der Waals surface area contributed by atoms with Gasteiger partial charge in [0.05, 0.1) is 4.90 Å². The third-order valence-electron chi connectivity index (χ3n) is 4.55. The molecule has 0 atom stereocenters. The van der Waals surface area contributed by atoms with Gasteiger partial charge in [0, 0.05) is 31.3 Å². The van der Waals surface area contributed by atoms with E-state index < -0.39 is 10.0 Å². The summed E-state index contributed by atoms with van der Waals surface area (Å²) >= 11 is 0. The second-order valence-corrected chi connectivity index (χ2v) is 8.45. The molecule has 1 aliphatic heterocycles. The Balaban J connectivity index is 1.58. The monoisotopic (exact) mass is 385 g/mol. The summed E-state index contributed by atoms with van der Waals surface area (Å²) in [5.74, 6) is 0.168. The average Bonchev–Trinajstić information content (AvgIpc) is 3.30. The molecule has 1 fully saturated rings. The van der Waals surface area contributed by atoms with Gasteiger partial charge in [0.15, 0.2) is 11.5 Å². The predicted molar refractivity (Wildman–Crippen MR) is 101 cm³/mol. The van der Waals surface area contributed by atoms with E-state index in [4.69, 9.17) is 4.42 Å². The first-order chi connectivity index (χ1) is 12.9. The molecule has 7 nitrogen and oxygen atoms in total. The Hall–Kier alpha value is -2.71. The smallest absolute Gasteiger partial charge is 0.255 e. The van der Waals surface area contributed by atoms with E-state index in [1.54, 1.807) is 37.3 Å². The lowest BCUT2D eigenvalue weighted by Gasteiger charge is -2.16. The van der Waals surface area contributed by atoms with Crippen molar-refractivity contribution in [2.75, 3.05) is 18.4 Å². The minimum atomic E-state index is -3.56. The van der Waals surface area contributed by atoms with Gasteiger partial charge < -0.3 is 9.73 Å². The molecule has 0 aliphatic carbocycles. The maximum absolute atomic E-state index is 12.7. The molecule has 1 aliphatic rings. The van der Waals surface area contributed by atoms with Crippen molar-refractivity contribution in [3.8, 4) is 0 Å². The molecule has 0 bridgehead atoms. The van der Waals surface area contributed by atoms with Crippen LogP contribution in [-0.4, -0.2) is 36.7 Å². The first kappa shape index (κ1) is 17.7. The number of aryl methyl sites for hydroxylation is 1. The van der Waals surface area contributed by atoms with Crippen molar-refractivity contribution in [1.29, 1.82) is 0 Å². The van der Waals surface area contributed by atoms with E-state index in [1.165, 1.54) is 16.4 Å². The lowest BCUT2D eigenvalue weighted by Crippen LogP contribution is -2.28. The van der Waals surface area contributed by atoms with E-state index in [2.05, 4.69) is 10.3 Å². The summed E-state index contributed by atoms with van der Waals surface area (Å²) in [6.45, 7) is 2.80. The molecule has 1 saturated heterocycles. The molecule has 140 valence electrons. The van der Waals surface area contributed by atoms with Crippen LogP contribution in [0.25, 0.3) is 11.1 Å². The number of hydrogen-bond donors (Lipinski definition) is 1. The second kappa shape index (κ2) is 6.79. The Kier molecular flexibility index (Phi) is 4.45. The molecule has 2 heterocycles. The van der Waals surface area contributed by atoms with Crippen molar-refractivity contribution in [3.63, 3.8) is 0 Å². The normalized spacial score (nSPS) is 15.3. The Labute approximate surface area is 157 Å². The molecule has 4 rings (SSSR count). The molecule has 27 heavy (non-hydrogen) atoms. The van der Waals surface area contributed by atoms with Gasteiger partial charge in [0.1, 0.15) is 5.52 Å². The zero-order valence-electron chi connectivity index (χ0n) is 14.8. The van der Waals surface area contributed by atoms with E-state index in [1.807, 2.05) is 0 Å². The fourth-order valence-corrected chi connectivity index (χ4v) is 4.76. The number of benzene rings is 2. The summed E-state index contributed by atoms with van der Waals surface area (Å²) in [7, 11) is -3.56. The number of carbonyl (C=O) groups excluding carboxylic acids is 1. The van der Waals surface area contributed by atoms with Gasteiger partial charge >= 0.3 is 0 Å². The number of carbonyl (C=O) groups is 1. The highest BCUT2D eigenvalue weighted by Crippen LogP contribution is 2.23. The van der Waals surface area contributed by atoms with Gasteiger partial charge in [-0.3, -0.25) is 4.79 Å². The maximum atomic E-state index is 12.7. The highest BCUT2D eigenvalue weighted by atomic mass is 32.2. The van der Waals surface area contributed by atoms with Crippen molar-refractivity contribution in [2.24, 2.45) is 0 Å². The van der Waals surface area contributed by atoms with Gasteiger partial charge in [0.2, 0.25) is 10.0 Å². The highest BCUT2D eigenvalue weighted by Gasteiger charge is 2.27. The van der Waals surface area contributed by atoms with Crippen LogP contribution >= 0.6 is 0 Å². The lowest BCUT2D eigenvalue weighted by atomic mass is 10.2. The number of oxazole rings is 1. The number of aromatic nitrogens is 1. The number of nitrogens with zero attached hydrogens (tertiary/aromatic N) is 2. The topological polar surface area (TPSA) is 92.5 Å². The van der Waals surface area contributed by atoms with Gasteiger partial charge in [-0.2, -0.15) is 4.31 Å². The van der Waals surface area contributed by atoms with Crippen LogP contribution in [0.15, 0.2) is 51.8 Å². The third-order valence-corrected chi connectivity index (χ3v) is 6.45. The fourth-order valence-electron chi connectivity index (χ4n) is 3.20. The van der Waals surface area contributed by atoms with Gasteiger partial charge in [-0.25, -0.2) is 13.4 Å². The first-order valence-electron chi connectivity index (χ1n) is 8.72. The molecule has 1 aromatic heterocycles. The molecule has 0 saturated carbocycles. The van der Waals surface area contributed by atoms with Gasteiger partial charge in [0.25, 0.3) is 5.91 Å². The van der Waals surface area contributed by atoms with Gasteiger partial charge in [-0.15, -0.1) is 0 Å². The third kappa shape index (κ3) is 3.45. The van der Waals surface area contributed by atoms with E-state index >= 15 is 0 Å². The second-order valence-electron chi connectivity index (χ2n) is 6.51. The molecule has 1 amide bonds. The summed E-state index contributed by atoms with van der Waals surface area (Å²) in [6, 6.07) is 11.3. The summed E-state index contributed by atoms with van der Waals surface area (Å²) in [6.07, 6.45) is 1.73. The van der Waals surface area contributed by atoms with Crippen LogP contribution in [0.1, 0.15) is 29.1 Å². The molecule has 3 aromatic rings. The number of fused-ring (bicyclic) bond motifs is 1. The van der Waals surface area contributed by atoms with Crippen molar-refractivity contribution in [1.82, 2.24) is 9.29 Å². The number of rotatable bonds is 4. The van der Waals surface area contributed by atoms with Crippen molar-refractivity contribution >= 4 is 32.7 Å². The Morgan fingerprint density at radius 3 is 2.70 bits per heavy atom. The summed E-state index contributed by atoms with van der Waals surface area (Å²) in [5, 5.41) is 2.78. The number of anilines is 1. The molecular weight excluding hydrogens is 366 g/mol. The Morgan fingerprint density at radius 1 is 1.15 bits per heavy atom. The van der Waals surface area contributed by atoms with Crippen LogP contribution in [0.4, 0.5) is 5.69 Å². The maximum Gasteiger partial charge on any atom is 0.255 e. The van der Waals surface area contributed by atoms with Crippen LogP contribution in [0.3, 0.4) is 0 Å².